The normalized spacial score (nSPS) is 22.3. The molecule has 0 unspecified atom stereocenters. The van der Waals surface area contributed by atoms with Crippen LogP contribution in [0.3, 0.4) is 0 Å². The predicted molar refractivity (Wildman–Crippen MR) is 104 cm³/mol. The third kappa shape index (κ3) is 2.28. The Kier molecular flexibility index (Phi) is 4.02. The molecule has 2 aliphatic rings. The average molecular weight is 353 g/mol. The van der Waals surface area contributed by atoms with Gasteiger partial charge >= 0.3 is 0 Å². The highest BCUT2D eigenvalue weighted by molar-refractivity contribution is 5.73. The largest absolute Gasteiger partial charge is 0.493 e. The summed E-state index contributed by atoms with van der Waals surface area (Å²) in [6.07, 6.45) is 2.27. The molecule has 0 fully saturated rings. The van der Waals surface area contributed by atoms with Gasteiger partial charge in [0.1, 0.15) is 0 Å². The highest BCUT2D eigenvalue weighted by atomic mass is 16.5. The minimum absolute atomic E-state index is 0.0519. The SMILES string of the molecule is COc1cc2c(c(OC)c1OC)C(C)(C)[C@@H]1CCc3ccccc3[C@@H]1N2. The maximum Gasteiger partial charge on any atom is 0.203 e. The quantitative estimate of drug-likeness (QED) is 0.867. The van der Waals surface area contributed by atoms with E-state index in [2.05, 4.69) is 43.4 Å². The number of fused-ring (bicyclic) bond motifs is 4. The summed E-state index contributed by atoms with van der Waals surface area (Å²) in [5.74, 6) is 2.61. The molecule has 4 nitrogen and oxygen atoms in total. The van der Waals surface area contributed by atoms with Gasteiger partial charge in [-0.1, -0.05) is 38.1 Å². The molecule has 0 saturated heterocycles. The Labute approximate surface area is 155 Å². The lowest BCUT2D eigenvalue weighted by Crippen LogP contribution is -2.44. The summed E-state index contributed by atoms with van der Waals surface area (Å²) < 4.78 is 17.0. The fourth-order valence-corrected chi connectivity index (χ4v) is 4.98. The van der Waals surface area contributed by atoms with Crippen molar-refractivity contribution in [2.75, 3.05) is 26.6 Å². The predicted octanol–water partition coefficient (Wildman–Crippen LogP) is 4.72. The molecule has 2 atom stereocenters. The van der Waals surface area contributed by atoms with E-state index in [1.165, 1.54) is 16.7 Å². The van der Waals surface area contributed by atoms with Crippen molar-refractivity contribution >= 4 is 5.69 Å². The number of nitrogens with one attached hydrogen (secondary N) is 1. The molecule has 0 saturated carbocycles. The van der Waals surface area contributed by atoms with E-state index < -0.39 is 0 Å². The van der Waals surface area contributed by atoms with Crippen molar-refractivity contribution in [3.63, 3.8) is 0 Å². The van der Waals surface area contributed by atoms with Gasteiger partial charge in [-0.2, -0.15) is 0 Å². The van der Waals surface area contributed by atoms with Crippen molar-refractivity contribution in [3.8, 4) is 17.2 Å². The van der Waals surface area contributed by atoms with Gasteiger partial charge in [-0.25, -0.2) is 0 Å². The topological polar surface area (TPSA) is 39.7 Å². The molecule has 0 aromatic heterocycles. The second-order valence-electron chi connectivity index (χ2n) is 7.76. The summed E-state index contributed by atoms with van der Waals surface area (Å²) in [5.41, 5.74) is 5.06. The van der Waals surface area contributed by atoms with E-state index in [1.807, 2.05) is 6.07 Å². The fourth-order valence-electron chi connectivity index (χ4n) is 4.98. The van der Waals surface area contributed by atoms with Crippen LogP contribution in [-0.4, -0.2) is 21.3 Å². The summed E-state index contributed by atoms with van der Waals surface area (Å²) in [6.45, 7) is 4.65. The highest BCUT2D eigenvalue weighted by Gasteiger charge is 2.47. The van der Waals surface area contributed by atoms with E-state index in [1.54, 1.807) is 21.3 Å². The van der Waals surface area contributed by atoms with Crippen molar-refractivity contribution in [2.24, 2.45) is 5.92 Å². The van der Waals surface area contributed by atoms with E-state index in [-0.39, 0.29) is 5.41 Å². The lowest BCUT2D eigenvalue weighted by molar-refractivity contribution is 0.228. The Bertz CT molecular complexity index is 844. The second kappa shape index (κ2) is 6.11. The molecular formula is C22H27NO3. The van der Waals surface area contributed by atoms with Gasteiger partial charge < -0.3 is 19.5 Å². The van der Waals surface area contributed by atoms with Crippen LogP contribution in [0, 0.1) is 5.92 Å². The molecule has 4 rings (SSSR count). The number of ether oxygens (including phenoxy) is 3. The van der Waals surface area contributed by atoms with Crippen LogP contribution < -0.4 is 19.5 Å². The lowest BCUT2D eigenvalue weighted by atomic mass is 9.61. The molecule has 138 valence electrons. The van der Waals surface area contributed by atoms with Gasteiger partial charge in [-0.3, -0.25) is 0 Å². The summed E-state index contributed by atoms with van der Waals surface area (Å²) >= 11 is 0. The third-order valence-electron chi connectivity index (χ3n) is 6.23. The van der Waals surface area contributed by atoms with Crippen molar-refractivity contribution in [2.45, 2.75) is 38.1 Å². The van der Waals surface area contributed by atoms with E-state index in [0.29, 0.717) is 23.5 Å². The van der Waals surface area contributed by atoms with E-state index in [9.17, 15) is 0 Å². The standard InChI is InChI=1S/C22H27NO3/c1-22(2)15-11-10-13-8-6-7-9-14(13)19(15)23-16-12-17(24-3)20(25-4)21(26-5)18(16)22/h6-9,12,15,19,23H,10-11H2,1-5H3/t15-,19+/m1/s1. The van der Waals surface area contributed by atoms with Crippen LogP contribution in [0.1, 0.15) is 43.0 Å². The van der Waals surface area contributed by atoms with Gasteiger partial charge in [0, 0.05) is 22.7 Å². The Hall–Kier alpha value is -2.36. The molecule has 2 aromatic carbocycles. The second-order valence-corrected chi connectivity index (χ2v) is 7.76. The van der Waals surface area contributed by atoms with Crippen LogP contribution in [-0.2, 0) is 11.8 Å². The number of aryl methyl sites for hydroxylation is 1. The maximum absolute atomic E-state index is 5.82. The van der Waals surface area contributed by atoms with Crippen molar-refractivity contribution in [1.82, 2.24) is 0 Å². The zero-order chi connectivity index (χ0) is 18.5. The monoisotopic (exact) mass is 353 g/mol. The number of rotatable bonds is 3. The molecule has 1 aliphatic heterocycles. The van der Waals surface area contributed by atoms with Crippen molar-refractivity contribution in [3.05, 3.63) is 47.0 Å². The van der Waals surface area contributed by atoms with Gasteiger partial charge in [0.05, 0.1) is 27.4 Å². The molecule has 0 amide bonds. The third-order valence-corrected chi connectivity index (χ3v) is 6.23. The van der Waals surface area contributed by atoms with Crippen LogP contribution in [0.4, 0.5) is 5.69 Å². The van der Waals surface area contributed by atoms with Gasteiger partial charge in [-0.05, 0) is 29.9 Å². The molecule has 1 N–H and O–H groups in total. The summed E-state index contributed by atoms with van der Waals surface area (Å²) in [4.78, 5) is 0. The van der Waals surface area contributed by atoms with Crippen LogP contribution in [0.2, 0.25) is 0 Å². The first-order valence-electron chi connectivity index (χ1n) is 9.20. The van der Waals surface area contributed by atoms with Crippen molar-refractivity contribution < 1.29 is 14.2 Å². The molecule has 0 bridgehead atoms. The Balaban J connectivity index is 1.94. The van der Waals surface area contributed by atoms with Crippen LogP contribution >= 0.6 is 0 Å². The summed E-state index contributed by atoms with van der Waals surface area (Å²) in [7, 11) is 5.03. The molecular weight excluding hydrogens is 326 g/mol. The summed E-state index contributed by atoms with van der Waals surface area (Å²) in [5, 5.41) is 3.80. The molecule has 0 radical (unpaired) electrons. The molecule has 2 aromatic rings. The number of hydrogen-bond donors (Lipinski definition) is 1. The van der Waals surface area contributed by atoms with Crippen LogP contribution in [0.5, 0.6) is 17.2 Å². The van der Waals surface area contributed by atoms with Gasteiger partial charge in [0.15, 0.2) is 11.5 Å². The number of anilines is 1. The smallest absolute Gasteiger partial charge is 0.203 e. The molecule has 1 aliphatic carbocycles. The van der Waals surface area contributed by atoms with Gasteiger partial charge in [0.25, 0.3) is 0 Å². The van der Waals surface area contributed by atoms with Crippen molar-refractivity contribution in [1.29, 1.82) is 0 Å². The first-order valence-corrected chi connectivity index (χ1v) is 9.20. The van der Waals surface area contributed by atoms with Gasteiger partial charge in [-0.15, -0.1) is 0 Å². The molecule has 0 spiro atoms. The zero-order valence-corrected chi connectivity index (χ0v) is 16.2. The van der Waals surface area contributed by atoms with Crippen LogP contribution in [0.25, 0.3) is 0 Å². The summed E-state index contributed by atoms with van der Waals surface area (Å²) in [6, 6.07) is 11.1. The number of benzene rings is 2. The first-order chi connectivity index (χ1) is 12.5. The minimum Gasteiger partial charge on any atom is -0.493 e. The number of hydrogen-bond acceptors (Lipinski definition) is 4. The molecule has 4 heteroatoms. The first kappa shape index (κ1) is 17.1. The maximum atomic E-state index is 5.82. The fraction of sp³-hybridized carbons (Fsp3) is 0.455. The van der Waals surface area contributed by atoms with Gasteiger partial charge in [0.2, 0.25) is 5.75 Å². The Morgan fingerprint density at radius 3 is 2.42 bits per heavy atom. The van der Waals surface area contributed by atoms with E-state index >= 15 is 0 Å². The highest BCUT2D eigenvalue weighted by Crippen LogP contribution is 2.58. The minimum atomic E-state index is -0.0519. The molecule has 1 heterocycles. The lowest BCUT2D eigenvalue weighted by Gasteiger charge is -2.49. The average Bonchev–Trinajstić information content (AvgIpc) is 2.66. The zero-order valence-electron chi connectivity index (χ0n) is 16.2. The van der Waals surface area contributed by atoms with Crippen LogP contribution in [0.15, 0.2) is 30.3 Å². The Morgan fingerprint density at radius 1 is 1.00 bits per heavy atom. The van der Waals surface area contributed by atoms with E-state index in [4.69, 9.17) is 14.2 Å². The van der Waals surface area contributed by atoms with E-state index in [0.717, 1.165) is 24.3 Å². The molecule has 26 heavy (non-hydrogen) atoms. The Morgan fingerprint density at radius 2 is 1.73 bits per heavy atom. The number of methoxy groups -OCH3 is 3.